The van der Waals surface area contributed by atoms with Gasteiger partial charge < -0.3 is 24.5 Å². The van der Waals surface area contributed by atoms with Crippen LogP contribution in [0.3, 0.4) is 0 Å². The van der Waals surface area contributed by atoms with Crippen LogP contribution in [0.1, 0.15) is 22.8 Å². The summed E-state index contributed by atoms with van der Waals surface area (Å²) in [6.07, 6.45) is -4.84. The van der Waals surface area contributed by atoms with Crippen LogP contribution >= 0.6 is 15.9 Å². The molecule has 0 spiro atoms. The van der Waals surface area contributed by atoms with Crippen LogP contribution in [0.5, 0.6) is 11.5 Å². The molecule has 162 valence electrons. The molecule has 12 heteroatoms. The molecule has 0 aromatic heterocycles. The summed E-state index contributed by atoms with van der Waals surface area (Å²) >= 11 is 3.35. The van der Waals surface area contributed by atoms with E-state index in [4.69, 9.17) is 9.39 Å². The number of benzene rings is 2. The van der Waals surface area contributed by atoms with Gasteiger partial charge in [-0.3, -0.25) is 4.79 Å². The Balaban J connectivity index is 1.67. The van der Waals surface area contributed by atoms with Gasteiger partial charge in [-0.05, 0) is 58.7 Å². The lowest BCUT2D eigenvalue weighted by Crippen LogP contribution is -2.49. The fourth-order valence-electron chi connectivity index (χ4n) is 2.82. The maximum atomic E-state index is 12.5. The Morgan fingerprint density at radius 1 is 1.32 bits per heavy atom. The van der Waals surface area contributed by atoms with Crippen LogP contribution in [-0.4, -0.2) is 36.6 Å². The summed E-state index contributed by atoms with van der Waals surface area (Å²) in [5.41, 5.74) is -0.0939. The number of halogens is 4. The van der Waals surface area contributed by atoms with Crippen molar-refractivity contribution in [2.24, 2.45) is 0 Å². The molecule has 3 rings (SSSR count). The smallest absolute Gasteiger partial charge is 0.489 e. The zero-order valence-electron chi connectivity index (χ0n) is 16.0. The highest BCUT2D eigenvalue weighted by Crippen LogP contribution is 2.28. The molecule has 1 aliphatic heterocycles. The normalized spacial score (nSPS) is 14.9. The minimum absolute atomic E-state index is 0.0370. The molecule has 0 radical (unpaired) electrons. The summed E-state index contributed by atoms with van der Waals surface area (Å²) in [6, 6.07) is 9.60. The van der Waals surface area contributed by atoms with E-state index in [1.165, 1.54) is 6.92 Å². The summed E-state index contributed by atoms with van der Waals surface area (Å²) in [5, 5.41) is 21.9. The summed E-state index contributed by atoms with van der Waals surface area (Å²) in [6.45, 7) is 1.46. The van der Waals surface area contributed by atoms with Crippen molar-refractivity contribution in [3.8, 4) is 17.6 Å². The van der Waals surface area contributed by atoms with Crippen LogP contribution < -0.4 is 20.3 Å². The fourth-order valence-corrected chi connectivity index (χ4v) is 3.52. The zero-order chi connectivity index (χ0) is 22.8. The molecule has 7 nitrogen and oxygen atoms in total. The molecule has 0 aliphatic carbocycles. The summed E-state index contributed by atoms with van der Waals surface area (Å²) in [5.74, 6) is -0.807. The van der Waals surface area contributed by atoms with Crippen molar-refractivity contribution in [3.05, 3.63) is 52.0 Å². The molecule has 0 bridgehead atoms. The molecule has 2 N–H and O–H groups in total. The molecular formula is C19H15BBrF3N2O5. The fraction of sp³-hybridized carbons (Fsp3) is 0.263. The number of carbonyl (C=O) groups is 1. The molecule has 1 unspecified atom stereocenters. The third-order valence-corrected chi connectivity index (χ3v) is 5.20. The lowest BCUT2D eigenvalue weighted by atomic mass is 9.79. The first-order valence-electron chi connectivity index (χ1n) is 8.85. The van der Waals surface area contributed by atoms with Crippen molar-refractivity contribution in [1.82, 2.24) is 5.32 Å². The van der Waals surface area contributed by atoms with Gasteiger partial charge in [0.1, 0.15) is 18.1 Å². The zero-order valence-corrected chi connectivity index (χ0v) is 17.6. The molecule has 2 aromatic rings. The molecule has 31 heavy (non-hydrogen) atoms. The first-order valence-corrected chi connectivity index (χ1v) is 9.64. The van der Waals surface area contributed by atoms with E-state index in [1.807, 2.05) is 6.07 Å². The van der Waals surface area contributed by atoms with Gasteiger partial charge in [-0.25, -0.2) is 0 Å². The summed E-state index contributed by atoms with van der Waals surface area (Å²) in [7, 11) is -1.10. The van der Waals surface area contributed by atoms with Crippen molar-refractivity contribution in [1.29, 1.82) is 5.26 Å². The number of hydrogen-bond acceptors (Lipinski definition) is 6. The van der Waals surface area contributed by atoms with Crippen LogP contribution in [0.4, 0.5) is 13.2 Å². The van der Waals surface area contributed by atoms with Gasteiger partial charge in [-0.2, -0.15) is 5.26 Å². The van der Waals surface area contributed by atoms with Crippen molar-refractivity contribution in [2.45, 2.75) is 25.4 Å². The first-order chi connectivity index (χ1) is 14.5. The lowest BCUT2D eigenvalue weighted by Gasteiger charge is -2.24. The highest BCUT2D eigenvalue weighted by atomic mass is 79.9. The van der Waals surface area contributed by atoms with Crippen LogP contribution in [-0.2, 0) is 11.3 Å². The number of alkyl halides is 3. The molecule has 0 saturated heterocycles. The first kappa shape index (κ1) is 22.9. The van der Waals surface area contributed by atoms with Gasteiger partial charge in [0, 0.05) is 11.0 Å². The van der Waals surface area contributed by atoms with Crippen LogP contribution in [0.15, 0.2) is 40.9 Å². The van der Waals surface area contributed by atoms with E-state index in [-0.39, 0.29) is 18.8 Å². The van der Waals surface area contributed by atoms with Gasteiger partial charge in [0.05, 0.1) is 17.1 Å². The number of rotatable bonds is 6. The van der Waals surface area contributed by atoms with Crippen molar-refractivity contribution in [2.75, 3.05) is 6.61 Å². The SMILES string of the molecule is CC(C#N)(COc1ccc2c(c1Br)B(O)OC2)NC(=O)c1ccc(OC(F)(F)F)cc1. The molecule has 1 amide bonds. The van der Waals surface area contributed by atoms with Gasteiger partial charge in [-0.15, -0.1) is 13.2 Å². The van der Waals surface area contributed by atoms with Gasteiger partial charge in [0.15, 0.2) is 5.54 Å². The monoisotopic (exact) mass is 498 g/mol. The van der Waals surface area contributed by atoms with E-state index in [2.05, 4.69) is 26.0 Å². The molecule has 0 fully saturated rings. The average molecular weight is 499 g/mol. The molecular weight excluding hydrogens is 484 g/mol. The lowest BCUT2D eigenvalue weighted by molar-refractivity contribution is -0.274. The van der Waals surface area contributed by atoms with E-state index >= 15 is 0 Å². The number of ether oxygens (including phenoxy) is 2. The quantitative estimate of drug-likeness (QED) is 0.594. The van der Waals surface area contributed by atoms with Gasteiger partial charge in [-0.1, -0.05) is 6.07 Å². The Labute approximate surface area is 184 Å². The highest BCUT2D eigenvalue weighted by molar-refractivity contribution is 9.10. The predicted octanol–water partition coefficient (Wildman–Crippen LogP) is 2.66. The highest BCUT2D eigenvalue weighted by Gasteiger charge is 2.33. The van der Waals surface area contributed by atoms with E-state index in [0.717, 1.165) is 29.8 Å². The second-order valence-corrected chi connectivity index (χ2v) is 7.67. The van der Waals surface area contributed by atoms with E-state index in [0.29, 0.717) is 15.7 Å². The molecule has 1 heterocycles. The number of nitrogens with one attached hydrogen (secondary N) is 1. The second kappa shape index (κ2) is 8.78. The Kier molecular flexibility index (Phi) is 6.50. The van der Waals surface area contributed by atoms with E-state index in [9.17, 15) is 28.3 Å². The third kappa shape index (κ3) is 5.49. The Morgan fingerprint density at radius 3 is 2.61 bits per heavy atom. The summed E-state index contributed by atoms with van der Waals surface area (Å²) < 4.78 is 51.8. The van der Waals surface area contributed by atoms with Crippen LogP contribution in [0.2, 0.25) is 0 Å². The van der Waals surface area contributed by atoms with Crippen LogP contribution in [0.25, 0.3) is 0 Å². The minimum atomic E-state index is -4.84. The maximum Gasteiger partial charge on any atom is 0.573 e. The number of nitriles is 1. The number of hydrogen-bond donors (Lipinski definition) is 2. The Morgan fingerprint density at radius 2 is 2.00 bits per heavy atom. The van der Waals surface area contributed by atoms with Crippen molar-refractivity contribution < 1.29 is 37.1 Å². The third-order valence-electron chi connectivity index (χ3n) is 4.38. The molecule has 0 saturated carbocycles. The largest absolute Gasteiger partial charge is 0.573 e. The molecule has 1 aliphatic rings. The number of carbonyl (C=O) groups excluding carboxylic acids is 1. The average Bonchev–Trinajstić information content (AvgIpc) is 3.08. The summed E-state index contributed by atoms with van der Waals surface area (Å²) in [4.78, 5) is 12.5. The van der Waals surface area contributed by atoms with Gasteiger partial charge >= 0.3 is 13.5 Å². The Hall–Kier alpha value is -2.75. The standard InChI is InChI=1S/C19H15BBrF3N2O5/c1-18(9-25,10-29-14-7-4-12-8-30-20(28)15(12)16(14)21)26-17(27)11-2-5-13(6-3-11)31-19(22,23)24/h2-7,28H,8,10H2,1H3,(H,26,27). The van der Waals surface area contributed by atoms with E-state index < -0.39 is 30.7 Å². The van der Waals surface area contributed by atoms with Gasteiger partial charge in [0.2, 0.25) is 0 Å². The van der Waals surface area contributed by atoms with Crippen LogP contribution in [0, 0.1) is 11.3 Å². The van der Waals surface area contributed by atoms with Crippen molar-refractivity contribution in [3.63, 3.8) is 0 Å². The van der Waals surface area contributed by atoms with E-state index in [1.54, 1.807) is 12.1 Å². The number of amides is 1. The number of nitrogens with zero attached hydrogens (tertiary/aromatic N) is 1. The predicted molar refractivity (Wildman–Crippen MR) is 107 cm³/mol. The topological polar surface area (TPSA) is 101 Å². The van der Waals surface area contributed by atoms with Crippen molar-refractivity contribution >= 4 is 34.4 Å². The minimum Gasteiger partial charge on any atom is -0.489 e. The number of fused-ring (bicyclic) bond motifs is 1. The maximum absolute atomic E-state index is 12.5. The van der Waals surface area contributed by atoms with Gasteiger partial charge in [0.25, 0.3) is 5.91 Å². The second-order valence-electron chi connectivity index (χ2n) is 6.87. The Bertz CT molecular complexity index is 1030. The molecule has 1 atom stereocenters. The molecule has 2 aromatic carbocycles.